The summed E-state index contributed by atoms with van der Waals surface area (Å²) >= 11 is 1.73. The number of nitrogens with zero attached hydrogens (tertiary/aromatic N) is 4. The Labute approximate surface area is 211 Å². The highest BCUT2D eigenvalue weighted by atomic mass is 32.1. The molecule has 4 heterocycles. The highest BCUT2D eigenvalue weighted by Crippen LogP contribution is 2.35. The number of fused-ring (bicyclic) bond motifs is 1. The summed E-state index contributed by atoms with van der Waals surface area (Å²) in [6.07, 6.45) is 5.42. The van der Waals surface area contributed by atoms with Gasteiger partial charge < -0.3 is 15.0 Å². The largest absolute Gasteiger partial charge is 0.497 e. The van der Waals surface area contributed by atoms with Crippen LogP contribution in [0.4, 0.5) is 5.82 Å². The Balaban J connectivity index is 1.10. The fourth-order valence-electron chi connectivity index (χ4n) is 5.34. The Morgan fingerprint density at radius 1 is 1.11 bits per heavy atom. The van der Waals surface area contributed by atoms with Gasteiger partial charge in [0.25, 0.3) is 0 Å². The third-order valence-corrected chi connectivity index (χ3v) is 8.70. The second-order valence-electron chi connectivity index (χ2n) is 9.83. The topological polar surface area (TPSA) is 70.6 Å². The molecule has 1 N–H and O–H groups in total. The average molecular weight is 494 g/mol. The van der Waals surface area contributed by atoms with E-state index in [2.05, 4.69) is 51.1 Å². The van der Waals surface area contributed by atoms with E-state index in [9.17, 15) is 4.79 Å². The Bertz CT molecular complexity index is 1180. The number of piperidine rings is 2. The van der Waals surface area contributed by atoms with E-state index in [0.29, 0.717) is 0 Å². The van der Waals surface area contributed by atoms with Crippen LogP contribution >= 0.6 is 11.3 Å². The highest BCUT2D eigenvalue weighted by Gasteiger charge is 2.29. The molecule has 3 aromatic rings. The van der Waals surface area contributed by atoms with Gasteiger partial charge in [-0.05, 0) is 62.8 Å². The van der Waals surface area contributed by atoms with Crippen LogP contribution in [0.2, 0.25) is 0 Å². The summed E-state index contributed by atoms with van der Waals surface area (Å²) in [5.74, 6) is 2.24. The van der Waals surface area contributed by atoms with E-state index in [1.807, 2.05) is 12.1 Å². The lowest BCUT2D eigenvalue weighted by atomic mass is 9.94. The fourth-order valence-corrected chi connectivity index (χ4v) is 6.33. The number of anilines is 1. The van der Waals surface area contributed by atoms with Crippen LogP contribution in [0, 0.1) is 19.8 Å². The number of ether oxygens (including phenoxy) is 1. The van der Waals surface area contributed by atoms with Crippen LogP contribution in [0.25, 0.3) is 10.2 Å². The van der Waals surface area contributed by atoms with Crippen molar-refractivity contribution in [3.05, 3.63) is 46.6 Å². The minimum Gasteiger partial charge on any atom is -0.497 e. The average Bonchev–Trinajstić information content (AvgIpc) is 3.18. The Morgan fingerprint density at radius 3 is 2.63 bits per heavy atom. The van der Waals surface area contributed by atoms with E-state index in [4.69, 9.17) is 4.74 Å². The van der Waals surface area contributed by atoms with Gasteiger partial charge in [0.05, 0.1) is 12.5 Å². The van der Waals surface area contributed by atoms with Crippen molar-refractivity contribution in [3.8, 4) is 5.75 Å². The van der Waals surface area contributed by atoms with Gasteiger partial charge in [-0.15, -0.1) is 11.3 Å². The summed E-state index contributed by atoms with van der Waals surface area (Å²) in [4.78, 5) is 29.3. The third-order valence-electron chi connectivity index (χ3n) is 7.58. The van der Waals surface area contributed by atoms with Crippen molar-refractivity contribution in [1.29, 1.82) is 0 Å². The molecule has 1 amide bonds. The predicted octanol–water partition coefficient (Wildman–Crippen LogP) is 4.31. The maximum absolute atomic E-state index is 13.0. The van der Waals surface area contributed by atoms with E-state index < -0.39 is 0 Å². The molecule has 0 saturated carbocycles. The molecular formula is C27H35N5O2S. The van der Waals surface area contributed by atoms with Gasteiger partial charge in [-0.3, -0.25) is 9.69 Å². The molecule has 0 radical (unpaired) electrons. The first kappa shape index (κ1) is 24.0. The number of thiophene rings is 1. The van der Waals surface area contributed by atoms with Gasteiger partial charge in [-0.25, -0.2) is 9.97 Å². The highest BCUT2D eigenvalue weighted by molar-refractivity contribution is 7.18. The fraction of sp³-hybridized carbons (Fsp3) is 0.519. The van der Waals surface area contributed by atoms with Crippen LogP contribution in [-0.2, 0) is 11.3 Å². The van der Waals surface area contributed by atoms with Crippen LogP contribution in [0.5, 0.6) is 5.75 Å². The van der Waals surface area contributed by atoms with Gasteiger partial charge in [-0.1, -0.05) is 12.1 Å². The minimum atomic E-state index is 0.0868. The molecule has 186 valence electrons. The number of hydrogen-bond acceptors (Lipinski definition) is 7. The number of hydrogen-bond donors (Lipinski definition) is 1. The lowest BCUT2D eigenvalue weighted by Gasteiger charge is -2.35. The van der Waals surface area contributed by atoms with Crippen LogP contribution in [0.15, 0.2) is 30.6 Å². The van der Waals surface area contributed by atoms with E-state index in [0.717, 1.165) is 74.8 Å². The van der Waals surface area contributed by atoms with Crippen molar-refractivity contribution in [2.45, 2.75) is 52.1 Å². The molecule has 0 bridgehead atoms. The summed E-state index contributed by atoms with van der Waals surface area (Å²) in [6, 6.07) is 8.56. The molecule has 0 aliphatic carbocycles. The molecule has 7 nitrogen and oxygen atoms in total. The predicted molar refractivity (Wildman–Crippen MR) is 141 cm³/mol. The summed E-state index contributed by atoms with van der Waals surface area (Å²) in [6.45, 7) is 8.95. The van der Waals surface area contributed by atoms with Crippen LogP contribution in [0.1, 0.15) is 41.7 Å². The number of carbonyl (C=O) groups excluding carboxylic acids is 1. The monoisotopic (exact) mass is 493 g/mol. The molecule has 5 rings (SSSR count). The zero-order chi connectivity index (χ0) is 24.4. The Morgan fingerprint density at radius 2 is 1.89 bits per heavy atom. The Kier molecular flexibility index (Phi) is 7.20. The molecule has 2 aromatic heterocycles. The number of nitrogens with one attached hydrogen (secondary N) is 1. The lowest BCUT2D eigenvalue weighted by Crippen LogP contribution is -2.48. The zero-order valence-electron chi connectivity index (χ0n) is 20.9. The smallest absolute Gasteiger partial charge is 0.223 e. The summed E-state index contributed by atoms with van der Waals surface area (Å²) in [5.41, 5.74) is 2.55. The first-order valence-corrected chi connectivity index (χ1v) is 13.4. The first-order chi connectivity index (χ1) is 17.0. The van der Waals surface area contributed by atoms with E-state index in [1.54, 1.807) is 24.8 Å². The second kappa shape index (κ2) is 10.5. The standard InChI is InChI=1S/C27H35N5O2S/c1-18-19(2)35-27-24(18)25(28-17-29-27)32-13-7-21(8-14-32)26(33)30-22-9-11-31(12-10-22)16-20-5-4-6-23(15-20)34-3/h4-6,15,17,21-22H,7-14,16H2,1-3H3,(H,30,33). The van der Waals surface area contributed by atoms with Crippen molar-refractivity contribution < 1.29 is 9.53 Å². The van der Waals surface area contributed by atoms with Crippen molar-refractivity contribution >= 4 is 33.3 Å². The van der Waals surface area contributed by atoms with Crippen LogP contribution < -0.4 is 15.0 Å². The number of benzene rings is 1. The molecule has 2 saturated heterocycles. The van der Waals surface area contributed by atoms with Crippen LogP contribution in [-0.4, -0.2) is 60.1 Å². The summed E-state index contributed by atoms with van der Waals surface area (Å²) in [7, 11) is 1.71. The molecule has 2 fully saturated rings. The molecule has 0 atom stereocenters. The normalized spacial score (nSPS) is 18.2. The van der Waals surface area contributed by atoms with Crippen molar-refractivity contribution in [2.24, 2.45) is 5.92 Å². The minimum absolute atomic E-state index is 0.0868. The number of carbonyl (C=O) groups is 1. The number of aryl methyl sites for hydroxylation is 2. The zero-order valence-corrected chi connectivity index (χ0v) is 21.7. The van der Waals surface area contributed by atoms with Gasteiger partial charge >= 0.3 is 0 Å². The van der Waals surface area contributed by atoms with Gasteiger partial charge in [0.2, 0.25) is 5.91 Å². The van der Waals surface area contributed by atoms with Gasteiger partial charge in [0, 0.05) is 49.6 Å². The quantitative estimate of drug-likeness (QED) is 0.552. The third kappa shape index (κ3) is 5.28. The summed E-state index contributed by atoms with van der Waals surface area (Å²) in [5, 5.41) is 4.54. The van der Waals surface area contributed by atoms with E-state index in [1.165, 1.54) is 21.4 Å². The van der Waals surface area contributed by atoms with Crippen molar-refractivity contribution in [2.75, 3.05) is 38.2 Å². The maximum atomic E-state index is 13.0. The summed E-state index contributed by atoms with van der Waals surface area (Å²) < 4.78 is 5.34. The van der Waals surface area contributed by atoms with Gasteiger partial charge in [-0.2, -0.15) is 0 Å². The molecular weight excluding hydrogens is 458 g/mol. The Hall–Kier alpha value is -2.71. The molecule has 8 heteroatoms. The molecule has 1 aromatic carbocycles. The number of amides is 1. The first-order valence-electron chi connectivity index (χ1n) is 12.6. The van der Waals surface area contributed by atoms with Crippen molar-refractivity contribution in [1.82, 2.24) is 20.2 Å². The van der Waals surface area contributed by atoms with Crippen LogP contribution in [0.3, 0.4) is 0 Å². The van der Waals surface area contributed by atoms with Crippen molar-refractivity contribution in [3.63, 3.8) is 0 Å². The molecule has 35 heavy (non-hydrogen) atoms. The maximum Gasteiger partial charge on any atom is 0.223 e. The molecule has 0 spiro atoms. The van der Waals surface area contributed by atoms with Gasteiger partial charge in [0.15, 0.2) is 0 Å². The number of methoxy groups -OCH3 is 1. The molecule has 2 aliphatic rings. The number of rotatable bonds is 6. The van der Waals surface area contributed by atoms with E-state index >= 15 is 0 Å². The van der Waals surface area contributed by atoms with E-state index in [-0.39, 0.29) is 17.9 Å². The second-order valence-corrected chi connectivity index (χ2v) is 11.0. The number of aromatic nitrogens is 2. The van der Waals surface area contributed by atoms with Gasteiger partial charge in [0.1, 0.15) is 22.7 Å². The number of likely N-dealkylation sites (tertiary alicyclic amines) is 1. The molecule has 2 aliphatic heterocycles. The SMILES string of the molecule is COc1cccc(CN2CCC(NC(=O)C3CCN(c4ncnc5sc(C)c(C)c45)CC3)CC2)c1. The molecule has 0 unspecified atom stereocenters. The lowest BCUT2D eigenvalue weighted by molar-refractivity contribution is -0.126.